The third kappa shape index (κ3) is 3.00. The smallest absolute Gasteiger partial charge is 0.277 e. The lowest BCUT2D eigenvalue weighted by Crippen LogP contribution is -2.29. The molecule has 3 aromatic carbocycles. The predicted molar refractivity (Wildman–Crippen MR) is 120 cm³/mol. The molecule has 4 aromatic rings. The fourth-order valence-electron chi connectivity index (χ4n) is 3.94. The Morgan fingerprint density at radius 2 is 1.63 bits per heavy atom. The largest absolute Gasteiger partial charge is 0.295 e. The van der Waals surface area contributed by atoms with E-state index in [4.69, 9.17) is 23.2 Å². The molecule has 0 saturated heterocycles. The summed E-state index contributed by atoms with van der Waals surface area (Å²) in [5.74, 6) is -0.133. The van der Waals surface area contributed by atoms with Gasteiger partial charge in [-0.2, -0.15) is 5.10 Å². The molecule has 0 spiro atoms. The molecule has 1 atom stereocenters. The molecule has 0 fully saturated rings. The van der Waals surface area contributed by atoms with E-state index in [1.807, 2.05) is 79.7 Å². The lowest BCUT2D eigenvalue weighted by Gasteiger charge is -2.27. The van der Waals surface area contributed by atoms with Crippen molar-refractivity contribution >= 4 is 34.8 Å². The minimum absolute atomic E-state index is 0.133. The van der Waals surface area contributed by atoms with E-state index in [1.54, 1.807) is 4.90 Å². The number of halogens is 2. The normalized spacial score (nSPS) is 15.5. The van der Waals surface area contributed by atoms with Crippen LogP contribution in [0.15, 0.2) is 72.8 Å². The first-order valence-corrected chi connectivity index (χ1v) is 10.3. The average molecular weight is 434 g/mol. The first-order chi connectivity index (χ1) is 14.5. The average Bonchev–Trinajstić information content (AvgIpc) is 3.29. The van der Waals surface area contributed by atoms with Gasteiger partial charge in [0.1, 0.15) is 5.69 Å². The number of fused-ring (bicyclic) bond motifs is 1. The van der Waals surface area contributed by atoms with Gasteiger partial charge in [0.05, 0.1) is 11.7 Å². The standard InChI is InChI=1S/C24H17Cl2N3O/c1-14-6-12-17(13-7-14)29-23(18-4-2-3-5-19(18)26)20-21(27-28-22(20)24(29)30)15-8-10-16(25)11-9-15/h2-13,23H,1H3,(H,27,28)/t23-/m0/s1. The highest BCUT2D eigenvalue weighted by molar-refractivity contribution is 6.31. The van der Waals surface area contributed by atoms with Crippen LogP contribution in [0.3, 0.4) is 0 Å². The lowest BCUT2D eigenvalue weighted by atomic mass is 9.95. The topological polar surface area (TPSA) is 49.0 Å². The summed E-state index contributed by atoms with van der Waals surface area (Å²) in [5.41, 5.74) is 5.68. The Hall–Kier alpha value is -3.08. The summed E-state index contributed by atoms with van der Waals surface area (Å²) in [4.78, 5) is 15.2. The molecule has 1 N–H and O–H groups in total. The second-order valence-electron chi connectivity index (χ2n) is 7.30. The van der Waals surface area contributed by atoms with Gasteiger partial charge in [-0.1, -0.05) is 71.2 Å². The fourth-order valence-corrected chi connectivity index (χ4v) is 4.30. The van der Waals surface area contributed by atoms with Crippen molar-refractivity contribution in [1.82, 2.24) is 10.2 Å². The molecule has 1 amide bonds. The van der Waals surface area contributed by atoms with Crippen LogP contribution >= 0.6 is 23.2 Å². The number of carbonyl (C=O) groups is 1. The van der Waals surface area contributed by atoms with Crippen molar-refractivity contribution < 1.29 is 4.79 Å². The molecular weight excluding hydrogens is 417 g/mol. The molecule has 1 aliphatic heterocycles. The Labute approximate surface area is 184 Å². The molecular formula is C24H17Cl2N3O. The summed E-state index contributed by atoms with van der Waals surface area (Å²) >= 11 is 12.7. The van der Waals surface area contributed by atoms with Gasteiger partial charge in [0.25, 0.3) is 5.91 Å². The molecule has 6 heteroatoms. The zero-order valence-electron chi connectivity index (χ0n) is 16.1. The van der Waals surface area contributed by atoms with Crippen molar-refractivity contribution in [2.75, 3.05) is 4.90 Å². The number of amides is 1. The number of benzene rings is 3. The molecule has 0 unspecified atom stereocenters. The third-order valence-electron chi connectivity index (χ3n) is 5.40. The van der Waals surface area contributed by atoms with Gasteiger partial charge in [-0.25, -0.2) is 0 Å². The Balaban J connectivity index is 1.74. The number of aromatic nitrogens is 2. The number of hydrogen-bond donors (Lipinski definition) is 1. The minimum atomic E-state index is -0.395. The summed E-state index contributed by atoms with van der Waals surface area (Å²) in [5, 5.41) is 8.68. The quantitative estimate of drug-likeness (QED) is 0.403. The summed E-state index contributed by atoms with van der Waals surface area (Å²) in [6.07, 6.45) is 0. The highest BCUT2D eigenvalue weighted by atomic mass is 35.5. The Morgan fingerprint density at radius 1 is 0.933 bits per heavy atom. The molecule has 5 rings (SSSR count). The van der Waals surface area contributed by atoms with Gasteiger partial charge in [-0.3, -0.25) is 14.8 Å². The summed E-state index contributed by atoms with van der Waals surface area (Å²) in [6.45, 7) is 2.02. The van der Waals surface area contributed by atoms with Crippen LogP contribution in [0, 0.1) is 6.92 Å². The first kappa shape index (κ1) is 18.9. The van der Waals surface area contributed by atoms with Gasteiger partial charge >= 0.3 is 0 Å². The monoisotopic (exact) mass is 433 g/mol. The number of H-pyrrole nitrogens is 1. The van der Waals surface area contributed by atoms with E-state index >= 15 is 0 Å². The summed E-state index contributed by atoms with van der Waals surface area (Å²) in [6, 6.07) is 22.6. The van der Waals surface area contributed by atoms with Crippen LogP contribution in [0.2, 0.25) is 10.0 Å². The van der Waals surface area contributed by atoms with Gasteiger partial charge in [-0.15, -0.1) is 0 Å². The van der Waals surface area contributed by atoms with Crippen LogP contribution in [-0.4, -0.2) is 16.1 Å². The van der Waals surface area contributed by atoms with Crippen LogP contribution in [-0.2, 0) is 0 Å². The summed E-state index contributed by atoms with van der Waals surface area (Å²) < 4.78 is 0. The van der Waals surface area contributed by atoms with Gasteiger partial charge in [0, 0.05) is 26.9 Å². The van der Waals surface area contributed by atoms with Crippen molar-refractivity contribution in [3.63, 3.8) is 0 Å². The van der Waals surface area contributed by atoms with Crippen LogP contribution in [0.4, 0.5) is 5.69 Å². The molecule has 1 aliphatic rings. The highest BCUT2D eigenvalue weighted by Gasteiger charge is 2.43. The van der Waals surface area contributed by atoms with E-state index in [2.05, 4.69) is 10.2 Å². The molecule has 0 saturated carbocycles. The number of aromatic amines is 1. The number of hydrogen-bond acceptors (Lipinski definition) is 2. The maximum absolute atomic E-state index is 13.5. The predicted octanol–water partition coefficient (Wildman–Crippen LogP) is 6.44. The van der Waals surface area contributed by atoms with E-state index in [0.717, 1.165) is 33.6 Å². The SMILES string of the molecule is Cc1ccc(N2C(=O)c3[nH]nc(-c4ccc(Cl)cc4)c3[C@@H]2c2ccccc2Cl)cc1. The second kappa shape index (κ2) is 7.31. The van der Waals surface area contributed by atoms with E-state index in [1.165, 1.54) is 0 Å². The van der Waals surface area contributed by atoms with Gasteiger partial charge < -0.3 is 0 Å². The van der Waals surface area contributed by atoms with Crippen LogP contribution in [0.25, 0.3) is 11.3 Å². The van der Waals surface area contributed by atoms with Gasteiger partial charge in [0.15, 0.2) is 0 Å². The zero-order chi connectivity index (χ0) is 20.8. The van der Waals surface area contributed by atoms with Crippen molar-refractivity contribution in [3.05, 3.63) is 105 Å². The maximum Gasteiger partial charge on any atom is 0.277 e. The molecule has 4 nitrogen and oxygen atoms in total. The number of nitrogens with one attached hydrogen (secondary N) is 1. The Kier molecular flexibility index (Phi) is 4.61. The van der Waals surface area contributed by atoms with Crippen LogP contribution < -0.4 is 4.90 Å². The molecule has 1 aromatic heterocycles. The van der Waals surface area contributed by atoms with E-state index in [0.29, 0.717) is 15.7 Å². The summed E-state index contributed by atoms with van der Waals surface area (Å²) in [7, 11) is 0. The maximum atomic E-state index is 13.5. The first-order valence-electron chi connectivity index (χ1n) is 9.53. The van der Waals surface area contributed by atoms with Crippen molar-refractivity contribution in [3.8, 4) is 11.3 Å². The number of aryl methyl sites for hydroxylation is 1. The Bertz CT molecular complexity index is 1250. The van der Waals surface area contributed by atoms with Crippen LogP contribution in [0.1, 0.15) is 33.2 Å². The lowest BCUT2D eigenvalue weighted by molar-refractivity contribution is 0.0989. The molecule has 0 bridgehead atoms. The van der Waals surface area contributed by atoms with Gasteiger partial charge in [-0.05, 0) is 42.8 Å². The van der Waals surface area contributed by atoms with E-state index in [-0.39, 0.29) is 5.91 Å². The highest BCUT2D eigenvalue weighted by Crippen LogP contribution is 2.46. The fraction of sp³-hybridized carbons (Fsp3) is 0.0833. The van der Waals surface area contributed by atoms with Crippen LogP contribution in [0.5, 0.6) is 0 Å². The number of carbonyl (C=O) groups excluding carboxylic acids is 1. The second-order valence-corrected chi connectivity index (χ2v) is 8.15. The van der Waals surface area contributed by atoms with Crippen molar-refractivity contribution in [1.29, 1.82) is 0 Å². The Morgan fingerprint density at radius 3 is 2.33 bits per heavy atom. The minimum Gasteiger partial charge on any atom is -0.295 e. The van der Waals surface area contributed by atoms with E-state index < -0.39 is 6.04 Å². The zero-order valence-corrected chi connectivity index (χ0v) is 17.6. The number of nitrogens with zero attached hydrogens (tertiary/aromatic N) is 2. The third-order valence-corrected chi connectivity index (χ3v) is 5.99. The van der Waals surface area contributed by atoms with Crippen molar-refractivity contribution in [2.24, 2.45) is 0 Å². The molecule has 0 radical (unpaired) electrons. The molecule has 2 heterocycles. The molecule has 30 heavy (non-hydrogen) atoms. The molecule has 148 valence electrons. The molecule has 0 aliphatic carbocycles. The van der Waals surface area contributed by atoms with E-state index in [9.17, 15) is 4.79 Å². The number of anilines is 1. The van der Waals surface area contributed by atoms with Gasteiger partial charge in [0.2, 0.25) is 0 Å². The van der Waals surface area contributed by atoms with Crippen molar-refractivity contribution in [2.45, 2.75) is 13.0 Å². The number of rotatable bonds is 3.